The van der Waals surface area contributed by atoms with Gasteiger partial charge in [-0.25, -0.2) is 4.98 Å². The average Bonchev–Trinajstić information content (AvgIpc) is 2.91. The van der Waals surface area contributed by atoms with Crippen LogP contribution in [0.5, 0.6) is 0 Å². The molecule has 0 fully saturated rings. The molecule has 0 aromatic carbocycles. The number of thiophene rings is 1. The van der Waals surface area contributed by atoms with Crippen molar-refractivity contribution in [3.63, 3.8) is 0 Å². The van der Waals surface area contributed by atoms with Gasteiger partial charge in [-0.1, -0.05) is 5.16 Å². The molecule has 3 aromatic rings. The van der Waals surface area contributed by atoms with Crippen LogP contribution in [0.25, 0.3) is 10.2 Å². The Morgan fingerprint density at radius 1 is 1.29 bits per heavy atom. The molecular formula is C14H17N5OS. The molecule has 21 heavy (non-hydrogen) atoms. The number of aryl methyl sites for hydroxylation is 3. The fraction of sp³-hybridized carbons (Fsp3) is 0.357. The second-order valence-electron chi connectivity index (χ2n) is 5.11. The first-order valence-corrected chi connectivity index (χ1v) is 7.50. The number of anilines is 2. The summed E-state index contributed by atoms with van der Waals surface area (Å²) in [7, 11) is 0. The third-order valence-corrected chi connectivity index (χ3v) is 4.35. The molecule has 3 heterocycles. The van der Waals surface area contributed by atoms with Gasteiger partial charge >= 0.3 is 0 Å². The summed E-state index contributed by atoms with van der Waals surface area (Å²) in [6.07, 6.45) is 0. The van der Waals surface area contributed by atoms with Crippen LogP contribution >= 0.6 is 11.3 Å². The zero-order valence-electron chi connectivity index (χ0n) is 12.4. The van der Waals surface area contributed by atoms with Crippen LogP contribution in [-0.2, 0) is 0 Å². The number of nitrogens with two attached hydrogens (primary N) is 1. The second-order valence-corrected chi connectivity index (χ2v) is 6.34. The van der Waals surface area contributed by atoms with E-state index >= 15 is 0 Å². The highest BCUT2D eigenvalue weighted by Crippen LogP contribution is 2.32. The Balaban J connectivity index is 2.01. The van der Waals surface area contributed by atoms with Crippen molar-refractivity contribution in [3.05, 3.63) is 28.0 Å². The van der Waals surface area contributed by atoms with E-state index in [9.17, 15) is 0 Å². The standard InChI is InChI=1S/C14H17N5OS/c1-6-5-10-12(17-14(15)18-13(10)21-6)16-7(2)11-8(3)19-20-9(11)4/h5,7H,1-4H3,(H3,15,16,17,18). The number of nitrogen functional groups attached to an aromatic ring is 1. The molecule has 0 spiro atoms. The van der Waals surface area contributed by atoms with Gasteiger partial charge in [-0.15, -0.1) is 11.3 Å². The van der Waals surface area contributed by atoms with Crippen molar-refractivity contribution >= 4 is 33.3 Å². The quantitative estimate of drug-likeness (QED) is 0.771. The van der Waals surface area contributed by atoms with Crippen LogP contribution in [0.1, 0.15) is 34.9 Å². The van der Waals surface area contributed by atoms with Gasteiger partial charge < -0.3 is 15.6 Å². The molecule has 0 radical (unpaired) electrons. The van der Waals surface area contributed by atoms with E-state index in [1.807, 2.05) is 20.8 Å². The summed E-state index contributed by atoms with van der Waals surface area (Å²) in [5, 5.41) is 8.38. The fourth-order valence-corrected chi connectivity index (χ4v) is 3.44. The van der Waals surface area contributed by atoms with Gasteiger partial charge in [-0.05, 0) is 33.8 Å². The lowest BCUT2D eigenvalue weighted by molar-refractivity contribution is 0.392. The number of rotatable bonds is 3. The molecule has 0 aliphatic carbocycles. The first-order valence-electron chi connectivity index (χ1n) is 6.68. The van der Waals surface area contributed by atoms with Crippen LogP contribution < -0.4 is 11.1 Å². The lowest BCUT2D eigenvalue weighted by Gasteiger charge is -2.15. The second kappa shape index (κ2) is 5.00. The lowest BCUT2D eigenvalue weighted by atomic mass is 10.1. The minimum atomic E-state index is 0.0222. The topological polar surface area (TPSA) is 89.9 Å². The van der Waals surface area contributed by atoms with E-state index in [0.29, 0.717) is 0 Å². The predicted octanol–water partition coefficient (Wildman–Crippen LogP) is 3.36. The molecule has 3 N–H and O–H groups in total. The summed E-state index contributed by atoms with van der Waals surface area (Å²) in [6.45, 7) is 7.94. The monoisotopic (exact) mass is 303 g/mol. The highest BCUT2D eigenvalue weighted by atomic mass is 32.1. The summed E-state index contributed by atoms with van der Waals surface area (Å²) >= 11 is 1.61. The minimum absolute atomic E-state index is 0.0222. The van der Waals surface area contributed by atoms with Crippen molar-refractivity contribution in [2.75, 3.05) is 11.1 Å². The molecule has 0 saturated carbocycles. The maximum Gasteiger partial charge on any atom is 0.223 e. The van der Waals surface area contributed by atoms with Gasteiger partial charge in [0.2, 0.25) is 5.95 Å². The summed E-state index contributed by atoms with van der Waals surface area (Å²) in [5.74, 6) is 1.83. The number of fused-ring (bicyclic) bond motifs is 1. The molecule has 0 aliphatic rings. The number of nitrogens with one attached hydrogen (secondary N) is 1. The van der Waals surface area contributed by atoms with E-state index in [2.05, 4.69) is 33.4 Å². The lowest BCUT2D eigenvalue weighted by Crippen LogP contribution is -2.11. The van der Waals surface area contributed by atoms with Gasteiger partial charge in [0, 0.05) is 10.4 Å². The van der Waals surface area contributed by atoms with Crippen LogP contribution in [0, 0.1) is 20.8 Å². The van der Waals surface area contributed by atoms with E-state index in [4.69, 9.17) is 10.3 Å². The van der Waals surface area contributed by atoms with Crippen molar-refractivity contribution in [3.8, 4) is 0 Å². The summed E-state index contributed by atoms with van der Waals surface area (Å²) in [5.41, 5.74) is 7.73. The predicted molar refractivity (Wildman–Crippen MR) is 84.6 cm³/mol. The Bertz CT molecular complexity index is 788. The number of aromatic nitrogens is 3. The first kappa shape index (κ1) is 13.8. The van der Waals surface area contributed by atoms with Crippen molar-refractivity contribution in [1.29, 1.82) is 0 Å². The smallest absolute Gasteiger partial charge is 0.223 e. The van der Waals surface area contributed by atoms with Crippen LogP contribution in [-0.4, -0.2) is 15.1 Å². The van der Waals surface area contributed by atoms with Crippen LogP contribution in [0.4, 0.5) is 11.8 Å². The normalized spacial score (nSPS) is 12.8. The summed E-state index contributed by atoms with van der Waals surface area (Å²) in [6, 6.07) is 2.09. The highest BCUT2D eigenvalue weighted by molar-refractivity contribution is 7.18. The van der Waals surface area contributed by atoms with Crippen LogP contribution in [0.2, 0.25) is 0 Å². The first-order chi connectivity index (χ1) is 9.95. The molecule has 7 heteroatoms. The molecule has 3 aromatic heterocycles. The number of hydrogen-bond acceptors (Lipinski definition) is 7. The van der Waals surface area contributed by atoms with Gasteiger partial charge in [0.25, 0.3) is 0 Å². The van der Waals surface area contributed by atoms with Crippen molar-refractivity contribution in [1.82, 2.24) is 15.1 Å². The number of nitrogens with zero attached hydrogens (tertiary/aromatic N) is 3. The molecule has 0 aliphatic heterocycles. The van der Waals surface area contributed by atoms with Crippen molar-refractivity contribution < 1.29 is 4.52 Å². The molecule has 1 unspecified atom stereocenters. The molecular weight excluding hydrogens is 286 g/mol. The zero-order valence-corrected chi connectivity index (χ0v) is 13.2. The molecule has 1 atom stereocenters. The molecule has 3 rings (SSSR count). The largest absolute Gasteiger partial charge is 0.368 e. The van der Waals surface area contributed by atoms with Crippen molar-refractivity contribution in [2.45, 2.75) is 33.7 Å². The highest BCUT2D eigenvalue weighted by Gasteiger charge is 2.18. The summed E-state index contributed by atoms with van der Waals surface area (Å²) < 4.78 is 5.22. The Morgan fingerprint density at radius 2 is 2.05 bits per heavy atom. The van der Waals surface area contributed by atoms with Crippen LogP contribution in [0.15, 0.2) is 10.6 Å². The van der Waals surface area contributed by atoms with Gasteiger partial charge in [0.05, 0.1) is 17.1 Å². The average molecular weight is 303 g/mol. The molecule has 6 nitrogen and oxygen atoms in total. The SMILES string of the molecule is Cc1cc2c(NC(C)c3c(C)noc3C)nc(N)nc2s1. The Morgan fingerprint density at radius 3 is 2.71 bits per heavy atom. The van der Waals surface area contributed by atoms with Crippen molar-refractivity contribution in [2.24, 2.45) is 0 Å². The third kappa shape index (κ3) is 2.44. The molecule has 0 saturated heterocycles. The zero-order chi connectivity index (χ0) is 15.1. The fourth-order valence-electron chi connectivity index (χ4n) is 2.55. The van der Waals surface area contributed by atoms with E-state index in [0.717, 1.165) is 33.1 Å². The van der Waals surface area contributed by atoms with Gasteiger partial charge in [-0.3, -0.25) is 0 Å². The van der Waals surface area contributed by atoms with Crippen LogP contribution in [0.3, 0.4) is 0 Å². The van der Waals surface area contributed by atoms with E-state index in [1.54, 1.807) is 11.3 Å². The molecule has 0 amide bonds. The van der Waals surface area contributed by atoms with Gasteiger partial charge in [0.1, 0.15) is 16.4 Å². The Kier molecular flexibility index (Phi) is 3.29. The van der Waals surface area contributed by atoms with E-state index < -0.39 is 0 Å². The van der Waals surface area contributed by atoms with E-state index in [1.165, 1.54) is 4.88 Å². The number of hydrogen-bond donors (Lipinski definition) is 2. The maximum atomic E-state index is 5.80. The minimum Gasteiger partial charge on any atom is -0.368 e. The third-order valence-electron chi connectivity index (χ3n) is 3.41. The van der Waals surface area contributed by atoms with Gasteiger partial charge in [-0.2, -0.15) is 4.98 Å². The Hall–Kier alpha value is -2.15. The maximum absolute atomic E-state index is 5.80. The molecule has 110 valence electrons. The van der Waals surface area contributed by atoms with Gasteiger partial charge in [0.15, 0.2) is 0 Å². The van der Waals surface area contributed by atoms with E-state index in [-0.39, 0.29) is 12.0 Å². The summed E-state index contributed by atoms with van der Waals surface area (Å²) in [4.78, 5) is 10.7. The molecule has 0 bridgehead atoms. The Labute approximate surface area is 126 Å².